The van der Waals surface area contributed by atoms with Crippen LogP contribution in [0.4, 0.5) is 0 Å². The van der Waals surface area contributed by atoms with E-state index in [-0.39, 0.29) is 12.2 Å². The van der Waals surface area contributed by atoms with Gasteiger partial charge in [0.1, 0.15) is 11.8 Å². The van der Waals surface area contributed by atoms with Crippen LogP contribution in [0.2, 0.25) is 0 Å². The first-order valence-corrected chi connectivity index (χ1v) is 12.1. The number of benzene rings is 1. The van der Waals surface area contributed by atoms with E-state index in [1.807, 2.05) is 55.6 Å². The van der Waals surface area contributed by atoms with Gasteiger partial charge in [-0.15, -0.1) is 11.3 Å². The molecule has 1 aliphatic rings. The van der Waals surface area contributed by atoms with Crippen LogP contribution in [0.3, 0.4) is 0 Å². The second-order valence-corrected chi connectivity index (χ2v) is 9.20. The van der Waals surface area contributed by atoms with E-state index in [9.17, 15) is 9.59 Å². The summed E-state index contributed by atoms with van der Waals surface area (Å²) >= 11 is 2.91. The van der Waals surface area contributed by atoms with E-state index in [4.69, 9.17) is 9.47 Å². The van der Waals surface area contributed by atoms with Gasteiger partial charge < -0.3 is 9.47 Å². The topological polar surface area (TPSA) is 69.9 Å². The number of thiophene rings is 1. The van der Waals surface area contributed by atoms with Gasteiger partial charge in [-0.25, -0.2) is 9.79 Å². The first kappa shape index (κ1) is 22.2. The lowest BCUT2D eigenvalue weighted by molar-refractivity contribution is -0.139. The molecule has 4 rings (SSSR count). The van der Waals surface area contributed by atoms with Gasteiger partial charge in [0.05, 0.1) is 29.0 Å². The van der Waals surface area contributed by atoms with Crippen molar-refractivity contribution < 1.29 is 14.3 Å². The standard InChI is InChI=1S/C24H24N2O4S2/c1-5-29-17-10-8-7-9-16(17)21-20(23(28)30-6-2)15(4)25-24-26(21)22(27)19(32-24)13-18-14(3)11-12-31-18/h7-13,21H,5-6H2,1-4H3/b19-13-/t21-/m0/s1. The highest BCUT2D eigenvalue weighted by Crippen LogP contribution is 2.35. The van der Waals surface area contributed by atoms with Crippen LogP contribution in [-0.4, -0.2) is 23.8 Å². The van der Waals surface area contributed by atoms with Crippen molar-refractivity contribution in [3.63, 3.8) is 0 Å². The number of para-hydroxylation sites is 1. The number of carbonyl (C=O) groups is 1. The first-order valence-electron chi connectivity index (χ1n) is 10.4. The summed E-state index contributed by atoms with van der Waals surface area (Å²) in [5, 5.41) is 2.00. The van der Waals surface area contributed by atoms with Crippen molar-refractivity contribution in [2.45, 2.75) is 33.7 Å². The van der Waals surface area contributed by atoms with Crippen LogP contribution in [0.25, 0.3) is 6.08 Å². The van der Waals surface area contributed by atoms with Crippen molar-refractivity contribution in [3.05, 3.63) is 82.7 Å². The summed E-state index contributed by atoms with van der Waals surface area (Å²) in [4.78, 5) is 32.8. The lowest BCUT2D eigenvalue weighted by Crippen LogP contribution is -2.40. The van der Waals surface area contributed by atoms with Gasteiger partial charge in [0.25, 0.3) is 5.56 Å². The summed E-state index contributed by atoms with van der Waals surface area (Å²) in [6.07, 6.45) is 1.90. The fourth-order valence-electron chi connectivity index (χ4n) is 3.73. The molecule has 0 unspecified atom stereocenters. The second kappa shape index (κ2) is 9.26. The van der Waals surface area contributed by atoms with E-state index < -0.39 is 12.0 Å². The predicted molar refractivity (Wildman–Crippen MR) is 127 cm³/mol. The molecule has 0 fully saturated rings. The molecule has 0 radical (unpaired) electrons. The summed E-state index contributed by atoms with van der Waals surface area (Å²) in [5.74, 6) is 0.147. The molecule has 3 heterocycles. The highest BCUT2D eigenvalue weighted by Gasteiger charge is 2.35. The molecule has 0 saturated heterocycles. The average Bonchev–Trinajstić information content (AvgIpc) is 3.31. The van der Waals surface area contributed by atoms with Gasteiger partial charge in [-0.05, 0) is 56.8 Å². The molecule has 6 nitrogen and oxygen atoms in total. The van der Waals surface area contributed by atoms with Gasteiger partial charge in [-0.1, -0.05) is 29.5 Å². The van der Waals surface area contributed by atoms with Crippen LogP contribution in [0.5, 0.6) is 5.75 Å². The van der Waals surface area contributed by atoms with Crippen LogP contribution in [0.15, 0.2) is 56.8 Å². The number of nitrogens with zero attached hydrogens (tertiary/aromatic N) is 2. The Morgan fingerprint density at radius 1 is 1.19 bits per heavy atom. The first-order chi connectivity index (χ1) is 15.5. The SMILES string of the molecule is CCOC(=O)C1=C(C)N=c2s/c(=C\c3sccc3C)c(=O)n2[C@H]1c1ccccc1OCC. The molecular weight excluding hydrogens is 444 g/mol. The number of carbonyl (C=O) groups excluding carboxylic acids is 1. The average molecular weight is 469 g/mol. The number of rotatable bonds is 6. The largest absolute Gasteiger partial charge is 0.494 e. The zero-order valence-electron chi connectivity index (χ0n) is 18.4. The monoisotopic (exact) mass is 468 g/mol. The van der Waals surface area contributed by atoms with Crippen LogP contribution >= 0.6 is 22.7 Å². The lowest BCUT2D eigenvalue weighted by Gasteiger charge is -2.26. The number of thiazole rings is 1. The Hall–Kier alpha value is -2.97. The van der Waals surface area contributed by atoms with Gasteiger partial charge >= 0.3 is 5.97 Å². The van der Waals surface area contributed by atoms with Crippen LogP contribution in [0, 0.1) is 6.92 Å². The van der Waals surface area contributed by atoms with Crippen LogP contribution in [0.1, 0.15) is 42.8 Å². The number of ether oxygens (including phenoxy) is 2. The van der Waals surface area contributed by atoms with Crippen molar-refractivity contribution in [3.8, 4) is 5.75 Å². The molecule has 0 saturated carbocycles. The molecule has 0 bridgehead atoms. The number of aromatic nitrogens is 1. The Kier molecular flexibility index (Phi) is 6.43. The Morgan fingerprint density at radius 3 is 2.66 bits per heavy atom. The molecule has 0 amide bonds. The number of hydrogen-bond donors (Lipinski definition) is 0. The maximum atomic E-state index is 13.6. The van der Waals surface area contributed by atoms with Gasteiger partial charge in [-0.3, -0.25) is 9.36 Å². The highest BCUT2D eigenvalue weighted by atomic mass is 32.1. The van der Waals surface area contributed by atoms with Gasteiger partial charge in [-0.2, -0.15) is 0 Å². The van der Waals surface area contributed by atoms with E-state index in [1.165, 1.54) is 11.3 Å². The Balaban J connectivity index is 2.00. The third kappa shape index (κ3) is 3.96. The fourth-order valence-corrected chi connectivity index (χ4v) is 5.69. The molecule has 1 aliphatic heterocycles. The Bertz CT molecular complexity index is 1380. The van der Waals surface area contributed by atoms with Crippen molar-refractivity contribution in [2.75, 3.05) is 13.2 Å². The molecule has 1 atom stereocenters. The quantitative estimate of drug-likeness (QED) is 0.519. The highest BCUT2D eigenvalue weighted by molar-refractivity contribution is 7.11. The molecule has 2 aromatic heterocycles. The molecule has 166 valence electrons. The molecule has 0 N–H and O–H groups in total. The molecule has 3 aromatic rings. The van der Waals surface area contributed by atoms with E-state index in [1.54, 1.807) is 29.8 Å². The summed E-state index contributed by atoms with van der Waals surface area (Å²) in [5.41, 5.74) is 2.55. The molecule has 0 spiro atoms. The number of esters is 1. The molecule has 1 aromatic carbocycles. The zero-order chi connectivity index (χ0) is 22.8. The van der Waals surface area contributed by atoms with Gasteiger partial charge in [0, 0.05) is 10.4 Å². The van der Waals surface area contributed by atoms with Crippen LogP contribution in [-0.2, 0) is 9.53 Å². The lowest BCUT2D eigenvalue weighted by atomic mass is 9.95. The molecule has 8 heteroatoms. The summed E-state index contributed by atoms with van der Waals surface area (Å²) in [6, 6.07) is 8.83. The maximum absolute atomic E-state index is 13.6. The number of aryl methyl sites for hydroxylation is 1. The van der Waals surface area contributed by atoms with Crippen molar-refractivity contribution in [1.82, 2.24) is 4.57 Å². The van der Waals surface area contributed by atoms with Crippen LogP contribution < -0.4 is 19.6 Å². The molecule has 32 heavy (non-hydrogen) atoms. The van der Waals surface area contributed by atoms with Gasteiger partial charge in [0.2, 0.25) is 0 Å². The van der Waals surface area contributed by atoms with E-state index in [0.717, 1.165) is 16.0 Å². The van der Waals surface area contributed by atoms with Crippen molar-refractivity contribution >= 4 is 34.7 Å². The van der Waals surface area contributed by atoms with E-state index >= 15 is 0 Å². The second-order valence-electron chi connectivity index (χ2n) is 7.24. The van der Waals surface area contributed by atoms with E-state index in [0.29, 0.717) is 33.0 Å². The van der Waals surface area contributed by atoms with E-state index in [2.05, 4.69) is 4.99 Å². The summed E-state index contributed by atoms with van der Waals surface area (Å²) in [6.45, 7) is 8.16. The summed E-state index contributed by atoms with van der Waals surface area (Å²) in [7, 11) is 0. The smallest absolute Gasteiger partial charge is 0.338 e. The number of hydrogen-bond acceptors (Lipinski definition) is 7. The minimum absolute atomic E-state index is 0.188. The normalized spacial score (nSPS) is 16.0. The Morgan fingerprint density at radius 2 is 1.97 bits per heavy atom. The van der Waals surface area contributed by atoms with Crippen molar-refractivity contribution in [1.29, 1.82) is 0 Å². The maximum Gasteiger partial charge on any atom is 0.338 e. The zero-order valence-corrected chi connectivity index (χ0v) is 20.0. The predicted octanol–water partition coefficient (Wildman–Crippen LogP) is 3.57. The number of fused-ring (bicyclic) bond motifs is 1. The Labute approximate surface area is 193 Å². The third-order valence-corrected chi connectivity index (χ3v) is 7.14. The number of allylic oxidation sites excluding steroid dienone is 1. The fraction of sp³-hybridized carbons (Fsp3) is 0.292. The minimum atomic E-state index is -0.681. The third-order valence-electron chi connectivity index (χ3n) is 5.19. The molecule has 0 aliphatic carbocycles. The van der Waals surface area contributed by atoms with Gasteiger partial charge in [0.15, 0.2) is 4.80 Å². The minimum Gasteiger partial charge on any atom is -0.494 e. The molecular formula is C24H24N2O4S2. The summed E-state index contributed by atoms with van der Waals surface area (Å²) < 4.78 is 13.4. The van der Waals surface area contributed by atoms with Crippen molar-refractivity contribution in [2.24, 2.45) is 4.99 Å².